The van der Waals surface area contributed by atoms with Crippen molar-refractivity contribution in [2.75, 3.05) is 132 Å². The van der Waals surface area contributed by atoms with Gasteiger partial charge in [-0.05, 0) is 170 Å². The van der Waals surface area contributed by atoms with Crippen molar-refractivity contribution in [2.24, 2.45) is 10.8 Å². The van der Waals surface area contributed by atoms with Crippen molar-refractivity contribution in [1.82, 2.24) is 45.3 Å². The molecule has 5 heterocycles. The number of aliphatic hydroxyl groups excluding tert-OH is 1. The molecule has 0 spiro atoms. The minimum Gasteiger partial charge on any atom is -0.391 e. The molecule has 0 radical (unpaired) electrons. The Morgan fingerprint density at radius 1 is 0.750 bits per heavy atom. The number of ether oxygens (including phenoxy) is 1. The van der Waals surface area contributed by atoms with Crippen LogP contribution in [0.5, 0.6) is 0 Å². The number of nitrogens with zero attached hydrogens (tertiary/aromatic N) is 7. The Morgan fingerprint density at radius 3 is 1.98 bits per heavy atom. The number of piperazine rings is 2. The first-order chi connectivity index (χ1) is 55.3. The Balaban J connectivity index is 0.592. The number of nitrogens with one attached hydrogen (secondary N) is 5. The number of hydrogen-bond donors (Lipinski definition) is 6. The molecule has 7 aromatic rings. The Morgan fingerprint density at radius 2 is 1.37 bits per heavy atom. The van der Waals surface area contributed by atoms with Gasteiger partial charge in [-0.3, -0.25) is 38.7 Å². The van der Waals surface area contributed by atoms with E-state index in [-0.39, 0.29) is 54.8 Å². The number of sulfone groups is 1. The summed E-state index contributed by atoms with van der Waals surface area (Å²) in [6.45, 7) is 22.6. The lowest BCUT2D eigenvalue weighted by atomic mass is 9.71. The van der Waals surface area contributed by atoms with Crippen molar-refractivity contribution in [3.8, 4) is 10.4 Å². The number of allylic oxidation sites excluding steroid dienone is 1. The van der Waals surface area contributed by atoms with Crippen LogP contribution in [-0.2, 0) is 39.0 Å². The molecule has 0 saturated carbocycles. The van der Waals surface area contributed by atoms with Crippen LogP contribution in [-0.4, -0.2) is 223 Å². The van der Waals surface area contributed by atoms with E-state index < -0.39 is 88.2 Å². The second-order valence-corrected chi connectivity index (χ2v) is 38.2. The van der Waals surface area contributed by atoms with Gasteiger partial charge in [0.05, 0.1) is 52.0 Å². The van der Waals surface area contributed by atoms with E-state index >= 15 is 0 Å². The van der Waals surface area contributed by atoms with Crippen LogP contribution in [0, 0.1) is 17.8 Å². The van der Waals surface area contributed by atoms with E-state index in [0.29, 0.717) is 81.2 Å². The first kappa shape index (κ1) is 86.9. The number of anilines is 3. The second kappa shape index (κ2) is 38.1. The predicted octanol–water partition coefficient (Wildman–Crippen LogP) is 11.9. The standard InChI is InChI=1S/C85H104ClF3N12O11S4/c1-57(59-14-16-61(17-15-59)77-58(2)91-56-114-77)92-81(106)74-49-69(102)53-101(74)82(107)78(83(3,4)5)94-76(103)13-10-35-90-79(104)62-20-26-67(27-21-62)100-43-39-98(40-44-100)55-84(6)34-32-72(60-18-24-65(86)25-19-60)64(51-84)52-97-37-41-99(42-38-97)68-28-22-63(23-29-68)80(105)95-116(110,111)71-30-31-73(75(50-71)115(108,109)85(87,88)89)93-66(33-36-96-45-47-112-48-46-96)54-113-70-11-8-7-9-12-70/h7-9,11-12,14-31,50,56-57,66,69,74,78,93,102H,10,13,32-49,51-55H2,1-6H3,(H,90,104)(H,92,106)(H,94,103)(H,95,105)/t57-,66+,69+,74-,78+,84?/m0/s1. The number of β-amino-alcohol motifs (C(OH)–C–C–N with tert-alkyl or cyclic N) is 1. The molecule has 6 N–H and O–H groups in total. The van der Waals surface area contributed by atoms with Crippen molar-refractivity contribution in [1.29, 1.82) is 0 Å². The van der Waals surface area contributed by atoms with E-state index in [4.69, 9.17) is 16.3 Å². The van der Waals surface area contributed by atoms with Gasteiger partial charge in [-0.1, -0.05) is 99.5 Å². The molecule has 0 bridgehead atoms. The van der Waals surface area contributed by atoms with Crippen molar-refractivity contribution in [2.45, 2.75) is 137 Å². The first-order valence-electron chi connectivity index (χ1n) is 39.5. The number of carbonyl (C=O) groups excluding carboxylic acids is 5. The molecule has 6 atom stereocenters. The maximum Gasteiger partial charge on any atom is 0.501 e. The number of aliphatic hydroxyl groups is 1. The largest absolute Gasteiger partial charge is 0.501 e. The van der Waals surface area contributed by atoms with Crippen LogP contribution in [0.3, 0.4) is 0 Å². The van der Waals surface area contributed by atoms with Crippen molar-refractivity contribution in [3.05, 3.63) is 190 Å². The zero-order chi connectivity index (χ0) is 82.7. The van der Waals surface area contributed by atoms with Gasteiger partial charge in [0.1, 0.15) is 17.0 Å². The van der Waals surface area contributed by atoms with Gasteiger partial charge in [0.25, 0.3) is 31.7 Å². The summed E-state index contributed by atoms with van der Waals surface area (Å²) in [5.41, 5.74) is 3.86. The quantitative estimate of drug-likeness (QED) is 0.0180. The average Bonchev–Trinajstić information content (AvgIpc) is 0.968. The summed E-state index contributed by atoms with van der Waals surface area (Å²) in [5, 5.41) is 23.3. The fourth-order valence-corrected chi connectivity index (χ4v) is 19.8. The molecule has 4 saturated heterocycles. The number of benzene rings is 6. The van der Waals surface area contributed by atoms with E-state index in [1.807, 2.05) is 130 Å². The molecular weight excluding hydrogens is 1590 g/mol. The monoisotopic (exact) mass is 1690 g/mol. The molecule has 4 fully saturated rings. The number of carbonyl (C=O) groups is 5. The van der Waals surface area contributed by atoms with E-state index in [2.05, 4.69) is 69.8 Å². The minimum atomic E-state index is -6.11. The van der Waals surface area contributed by atoms with Gasteiger partial charge < -0.3 is 45.8 Å². The van der Waals surface area contributed by atoms with E-state index in [9.17, 15) is 59.1 Å². The summed E-state index contributed by atoms with van der Waals surface area (Å²) in [6, 6.07) is 38.8. The molecular formula is C85H104ClF3N12O11S4. The number of hydrogen-bond acceptors (Lipinski definition) is 20. The minimum absolute atomic E-state index is 0.00935. The highest BCUT2D eigenvalue weighted by atomic mass is 35.5. The van der Waals surface area contributed by atoms with Crippen LogP contribution in [0.4, 0.5) is 30.2 Å². The topological polar surface area (TPSA) is 276 Å². The van der Waals surface area contributed by atoms with Crippen LogP contribution in [0.2, 0.25) is 5.02 Å². The van der Waals surface area contributed by atoms with Gasteiger partial charge in [0.15, 0.2) is 0 Å². The van der Waals surface area contributed by atoms with E-state index in [0.717, 1.165) is 127 Å². The van der Waals surface area contributed by atoms with Gasteiger partial charge in [0, 0.05) is 155 Å². The summed E-state index contributed by atoms with van der Waals surface area (Å²) in [4.78, 5) is 86.0. The van der Waals surface area contributed by atoms with Crippen LogP contribution < -0.4 is 35.8 Å². The third-order valence-corrected chi connectivity index (χ3v) is 27.7. The Hall–Kier alpha value is -8.43. The molecule has 1 aromatic heterocycles. The van der Waals surface area contributed by atoms with Crippen LogP contribution in [0.1, 0.15) is 123 Å². The maximum atomic E-state index is 14.4. The summed E-state index contributed by atoms with van der Waals surface area (Å²) in [7, 11) is -11.0. The Bertz CT molecular complexity index is 4850. The number of morpholine rings is 1. The molecule has 1 unspecified atom stereocenters. The number of aryl methyl sites for hydroxylation is 1. The lowest BCUT2D eigenvalue weighted by Gasteiger charge is -2.44. The highest BCUT2D eigenvalue weighted by Gasteiger charge is 2.49. The van der Waals surface area contributed by atoms with Crippen molar-refractivity contribution < 1.29 is 63.8 Å². The van der Waals surface area contributed by atoms with Gasteiger partial charge in [-0.15, -0.1) is 23.1 Å². The number of thiazole rings is 1. The number of amides is 5. The first-order valence-corrected chi connectivity index (χ1v) is 44.7. The second-order valence-electron chi connectivity index (χ2n) is 32.2. The molecule has 6 aromatic carbocycles. The number of halogens is 4. The molecule has 5 amide bonds. The number of alkyl halides is 3. The Kier molecular flexibility index (Phi) is 28.5. The highest BCUT2D eigenvalue weighted by Crippen LogP contribution is 2.45. The molecule has 31 heteroatoms. The molecule has 23 nitrogen and oxygen atoms in total. The molecule has 4 aliphatic heterocycles. The van der Waals surface area contributed by atoms with E-state index in [1.54, 1.807) is 29.0 Å². The van der Waals surface area contributed by atoms with Crippen molar-refractivity contribution >= 4 is 107 Å². The fourth-order valence-electron chi connectivity index (χ4n) is 15.9. The number of likely N-dealkylation sites (tertiary alicyclic amines) is 1. The smallest absolute Gasteiger partial charge is 0.391 e. The molecule has 116 heavy (non-hydrogen) atoms. The van der Waals surface area contributed by atoms with Crippen LogP contribution >= 0.6 is 34.7 Å². The van der Waals surface area contributed by atoms with Gasteiger partial charge in [-0.2, -0.15) is 13.2 Å². The zero-order valence-electron chi connectivity index (χ0n) is 66.3. The third kappa shape index (κ3) is 22.3. The lowest BCUT2D eigenvalue weighted by Crippen LogP contribution is -2.57. The molecule has 622 valence electrons. The normalized spacial score (nSPS) is 19.8. The molecule has 12 rings (SSSR count). The van der Waals surface area contributed by atoms with Gasteiger partial charge >= 0.3 is 5.51 Å². The third-order valence-electron chi connectivity index (χ3n) is 22.5. The average molecular weight is 1690 g/mol. The van der Waals surface area contributed by atoms with E-state index in [1.165, 1.54) is 39.9 Å². The number of rotatable bonds is 30. The van der Waals surface area contributed by atoms with Gasteiger partial charge in [0.2, 0.25) is 17.7 Å². The number of thioether (sulfide) groups is 1. The predicted molar refractivity (Wildman–Crippen MR) is 449 cm³/mol. The number of sulfonamides is 1. The summed E-state index contributed by atoms with van der Waals surface area (Å²) in [5.74, 6) is -2.21. The summed E-state index contributed by atoms with van der Waals surface area (Å²) in [6.07, 6.45) is 2.74. The highest BCUT2D eigenvalue weighted by molar-refractivity contribution is 7.99. The SMILES string of the molecule is Cc1ncsc1-c1ccc([C@H](C)NC(=O)[C@@H]2C[C@@H](O)CN2C(=O)[C@@H](NC(=O)CCCNC(=O)c2ccc(N3CCN(CC4(C)CCC(c5ccc(Cl)cc5)=C(CN5CCN(c6ccc(C(=O)NS(=O)(=O)c7ccc(N[C@H](CCN8CCOCC8)CSc8ccccc8)c(S(=O)(=O)C(F)(F)F)c7)cc6)CC5)C4)CC3)cc2)C(C)(C)C)cc1. The Labute approximate surface area is 691 Å². The number of aromatic nitrogens is 1. The van der Waals surface area contributed by atoms with Crippen molar-refractivity contribution in [3.63, 3.8) is 0 Å². The van der Waals surface area contributed by atoms with Crippen LogP contribution in [0.25, 0.3) is 16.0 Å². The summed E-state index contributed by atoms with van der Waals surface area (Å²) >= 11 is 9.41. The zero-order valence-corrected chi connectivity index (χ0v) is 70.3. The lowest BCUT2D eigenvalue weighted by molar-refractivity contribution is -0.144. The maximum absolute atomic E-state index is 14.4. The van der Waals surface area contributed by atoms with Gasteiger partial charge in [-0.25, -0.2) is 26.5 Å². The molecule has 5 aliphatic rings. The summed E-state index contributed by atoms with van der Waals surface area (Å²) < 4.78 is 105. The van der Waals surface area contributed by atoms with Crippen LogP contribution in [0.15, 0.2) is 171 Å². The fraction of sp³-hybridized carbons (Fsp3) is 0.459. The molecule has 1 aliphatic carbocycles.